The third-order valence-electron chi connectivity index (χ3n) is 2.39. The van der Waals surface area contributed by atoms with Crippen LogP contribution in [0.15, 0.2) is 35.1 Å². The molecule has 0 radical (unpaired) electrons. The highest BCUT2D eigenvalue weighted by molar-refractivity contribution is 5.77. The summed E-state index contributed by atoms with van der Waals surface area (Å²) in [6, 6.07) is 8.79. The highest BCUT2D eigenvalue weighted by Gasteiger charge is 2.17. The number of carbonyl (C=O) groups excluding carboxylic acids is 1. The monoisotopic (exact) mass is 218 g/mol. The third kappa shape index (κ3) is 1.33. The van der Waals surface area contributed by atoms with Gasteiger partial charge in [0, 0.05) is 7.05 Å². The van der Waals surface area contributed by atoms with Crippen LogP contribution < -0.4 is 5.56 Å². The molecule has 1 aromatic carbocycles. The van der Waals surface area contributed by atoms with Gasteiger partial charge in [0.05, 0.1) is 5.69 Å². The molecule has 0 fully saturated rings. The summed E-state index contributed by atoms with van der Waals surface area (Å²) < 4.78 is 2.47. The van der Waals surface area contributed by atoms with Gasteiger partial charge in [0.2, 0.25) is 5.88 Å². The zero-order valence-electron chi connectivity index (χ0n) is 8.62. The van der Waals surface area contributed by atoms with Crippen LogP contribution in [0.5, 0.6) is 5.88 Å². The maximum absolute atomic E-state index is 11.8. The van der Waals surface area contributed by atoms with Gasteiger partial charge in [-0.3, -0.25) is 9.59 Å². The van der Waals surface area contributed by atoms with Crippen molar-refractivity contribution >= 4 is 6.29 Å². The normalized spacial score (nSPS) is 10.3. The number of carbonyl (C=O) groups is 1. The highest BCUT2D eigenvalue weighted by atomic mass is 16.3. The van der Waals surface area contributed by atoms with Gasteiger partial charge in [-0.05, 0) is 12.1 Å². The Morgan fingerprint density at radius 3 is 2.38 bits per heavy atom. The minimum absolute atomic E-state index is 0.230. The van der Waals surface area contributed by atoms with Crippen LogP contribution in [0.2, 0.25) is 0 Å². The van der Waals surface area contributed by atoms with Crippen LogP contribution in [-0.4, -0.2) is 20.8 Å². The molecule has 2 aromatic rings. The van der Waals surface area contributed by atoms with Crippen LogP contribution in [0.4, 0.5) is 0 Å². The van der Waals surface area contributed by atoms with E-state index in [9.17, 15) is 14.7 Å². The number of hydrogen-bond acceptors (Lipinski definition) is 3. The summed E-state index contributed by atoms with van der Waals surface area (Å²) in [5.74, 6) is -0.330. The van der Waals surface area contributed by atoms with Gasteiger partial charge in [-0.25, -0.2) is 9.36 Å². The smallest absolute Gasteiger partial charge is 0.286 e. The van der Waals surface area contributed by atoms with Gasteiger partial charge in [0.25, 0.3) is 5.56 Å². The Labute approximate surface area is 91.2 Å². The van der Waals surface area contributed by atoms with E-state index in [1.54, 1.807) is 24.3 Å². The Morgan fingerprint density at radius 1 is 1.25 bits per heavy atom. The lowest BCUT2D eigenvalue weighted by molar-refractivity contribution is 0.111. The van der Waals surface area contributed by atoms with E-state index in [4.69, 9.17) is 0 Å². The van der Waals surface area contributed by atoms with Gasteiger partial charge in [0.1, 0.15) is 5.56 Å². The second-order valence-electron chi connectivity index (χ2n) is 3.33. The average molecular weight is 218 g/mol. The Kier molecular flexibility index (Phi) is 2.36. The molecule has 0 saturated heterocycles. The lowest BCUT2D eigenvalue weighted by atomic mass is 10.3. The number of nitrogens with zero attached hydrogens (tertiary/aromatic N) is 2. The number of para-hydroxylation sites is 1. The first-order chi connectivity index (χ1) is 7.66. The number of benzene rings is 1. The van der Waals surface area contributed by atoms with Crippen LogP contribution in [0.25, 0.3) is 5.69 Å². The fraction of sp³-hybridized carbons (Fsp3) is 0.0909. The largest absolute Gasteiger partial charge is 0.493 e. The Bertz CT molecular complexity index is 581. The first-order valence-electron chi connectivity index (χ1n) is 4.68. The predicted molar refractivity (Wildman–Crippen MR) is 58.1 cm³/mol. The maximum atomic E-state index is 11.8. The summed E-state index contributed by atoms with van der Waals surface area (Å²) in [5.41, 5.74) is -0.161. The van der Waals surface area contributed by atoms with Crippen LogP contribution >= 0.6 is 0 Å². The molecule has 1 heterocycles. The summed E-state index contributed by atoms with van der Waals surface area (Å²) >= 11 is 0. The van der Waals surface area contributed by atoms with Crippen molar-refractivity contribution in [3.8, 4) is 11.6 Å². The third-order valence-corrected chi connectivity index (χ3v) is 2.39. The van der Waals surface area contributed by atoms with E-state index in [1.807, 2.05) is 6.07 Å². The fourth-order valence-electron chi connectivity index (χ4n) is 1.58. The number of aldehydes is 1. The van der Waals surface area contributed by atoms with Gasteiger partial charge in [0.15, 0.2) is 6.29 Å². The van der Waals surface area contributed by atoms with E-state index in [0.717, 1.165) is 0 Å². The number of aromatic hydroxyl groups is 1. The van der Waals surface area contributed by atoms with Crippen molar-refractivity contribution in [3.05, 3.63) is 46.2 Å². The van der Waals surface area contributed by atoms with E-state index in [2.05, 4.69) is 0 Å². The fourth-order valence-corrected chi connectivity index (χ4v) is 1.58. The van der Waals surface area contributed by atoms with Crippen molar-refractivity contribution in [2.24, 2.45) is 7.05 Å². The molecule has 0 amide bonds. The maximum Gasteiger partial charge on any atom is 0.286 e. The molecule has 0 saturated carbocycles. The van der Waals surface area contributed by atoms with Gasteiger partial charge in [-0.1, -0.05) is 18.2 Å². The van der Waals surface area contributed by atoms with Gasteiger partial charge >= 0.3 is 0 Å². The molecule has 0 spiro atoms. The standard InChI is InChI=1S/C11H10N2O3/c1-12-10(15)9(7-14)11(16)13(12)8-5-3-2-4-6-8/h2-7,15H,1H3. The van der Waals surface area contributed by atoms with Gasteiger partial charge < -0.3 is 5.11 Å². The van der Waals surface area contributed by atoms with Crippen molar-refractivity contribution in [3.63, 3.8) is 0 Å². The van der Waals surface area contributed by atoms with Crippen LogP contribution in [0.3, 0.4) is 0 Å². The SMILES string of the molecule is Cn1c(O)c(C=O)c(=O)n1-c1ccccc1. The summed E-state index contributed by atoms with van der Waals surface area (Å²) in [7, 11) is 1.51. The summed E-state index contributed by atoms with van der Waals surface area (Å²) in [5, 5.41) is 9.57. The lowest BCUT2D eigenvalue weighted by Crippen LogP contribution is -2.20. The minimum atomic E-state index is -0.527. The topological polar surface area (TPSA) is 64.2 Å². The van der Waals surface area contributed by atoms with Gasteiger partial charge in [-0.2, -0.15) is 0 Å². The first kappa shape index (κ1) is 10.2. The Hall–Kier alpha value is -2.30. The van der Waals surface area contributed by atoms with E-state index in [0.29, 0.717) is 12.0 Å². The quantitative estimate of drug-likeness (QED) is 0.754. The average Bonchev–Trinajstić information content (AvgIpc) is 2.51. The summed E-state index contributed by atoms with van der Waals surface area (Å²) in [4.78, 5) is 22.5. The van der Waals surface area contributed by atoms with Crippen LogP contribution in [0, 0.1) is 0 Å². The summed E-state index contributed by atoms with van der Waals surface area (Å²) in [6.07, 6.45) is 0.358. The molecular formula is C11H10N2O3. The van der Waals surface area contributed by atoms with E-state index in [1.165, 1.54) is 16.4 Å². The molecule has 5 heteroatoms. The molecule has 5 nitrogen and oxygen atoms in total. The molecule has 2 rings (SSSR count). The molecule has 16 heavy (non-hydrogen) atoms. The first-order valence-corrected chi connectivity index (χ1v) is 4.68. The van der Waals surface area contributed by atoms with E-state index < -0.39 is 5.56 Å². The second-order valence-corrected chi connectivity index (χ2v) is 3.33. The van der Waals surface area contributed by atoms with E-state index >= 15 is 0 Å². The predicted octanol–water partition coefficient (Wildman–Crippen LogP) is 0.694. The second kappa shape index (κ2) is 3.69. The number of rotatable bonds is 2. The van der Waals surface area contributed by atoms with Crippen molar-refractivity contribution in [1.29, 1.82) is 0 Å². The lowest BCUT2D eigenvalue weighted by Gasteiger charge is -2.06. The molecule has 82 valence electrons. The minimum Gasteiger partial charge on any atom is -0.493 e. The molecule has 0 aliphatic heterocycles. The molecule has 0 unspecified atom stereocenters. The van der Waals surface area contributed by atoms with Crippen molar-refractivity contribution in [2.45, 2.75) is 0 Å². The van der Waals surface area contributed by atoms with E-state index in [-0.39, 0.29) is 11.4 Å². The van der Waals surface area contributed by atoms with Crippen LogP contribution in [-0.2, 0) is 7.05 Å². The van der Waals surface area contributed by atoms with Crippen molar-refractivity contribution in [2.75, 3.05) is 0 Å². The number of hydrogen-bond donors (Lipinski definition) is 1. The van der Waals surface area contributed by atoms with Crippen molar-refractivity contribution < 1.29 is 9.90 Å². The zero-order chi connectivity index (χ0) is 11.7. The van der Waals surface area contributed by atoms with Gasteiger partial charge in [-0.15, -0.1) is 0 Å². The molecular weight excluding hydrogens is 208 g/mol. The number of aromatic nitrogens is 2. The highest BCUT2D eigenvalue weighted by Crippen LogP contribution is 2.14. The molecule has 0 atom stereocenters. The van der Waals surface area contributed by atoms with Crippen molar-refractivity contribution in [1.82, 2.24) is 9.36 Å². The molecule has 0 aliphatic carbocycles. The molecule has 0 bridgehead atoms. The molecule has 1 N–H and O–H groups in total. The zero-order valence-corrected chi connectivity index (χ0v) is 8.62. The Morgan fingerprint density at radius 2 is 1.88 bits per heavy atom. The molecule has 1 aromatic heterocycles. The molecule has 0 aliphatic rings. The Balaban J connectivity index is 2.77. The summed E-state index contributed by atoms with van der Waals surface area (Å²) in [6.45, 7) is 0. The van der Waals surface area contributed by atoms with Crippen LogP contribution in [0.1, 0.15) is 10.4 Å².